The highest BCUT2D eigenvalue weighted by Crippen LogP contribution is 2.40. The van der Waals surface area contributed by atoms with Crippen LogP contribution in [0, 0.1) is 11.3 Å². The Balaban J connectivity index is 1.95. The largest absolute Gasteiger partial charge is 0.493 e. The van der Waals surface area contributed by atoms with Gasteiger partial charge in [-0.05, 0) is 19.9 Å². The Morgan fingerprint density at radius 2 is 1.66 bits per heavy atom. The molecule has 0 spiro atoms. The molecule has 1 aromatic carbocycles. The highest BCUT2D eigenvalue weighted by atomic mass is 16.5. The lowest BCUT2D eigenvalue weighted by atomic mass is 10.1. The number of nitriles is 1. The standard InChI is InChI=1S/C21H32N4O4/c1-21(2,15-22)23(3)18(26)14-25-11-9-24(10-12-25)13-16-7-8-17(27-4)20(29-6)19(16)28-5/h7-8H,9-14H2,1-6H3. The summed E-state index contributed by atoms with van der Waals surface area (Å²) in [6.45, 7) is 7.83. The van der Waals surface area contributed by atoms with Gasteiger partial charge in [0.05, 0.1) is 33.9 Å². The van der Waals surface area contributed by atoms with Crippen LogP contribution >= 0.6 is 0 Å². The van der Waals surface area contributed by atoms with Crippen LogP contribution in [0.5, 0.6) is 17.2 Å². The summed E-state index contributed by atoms with van der Waals surface area (Å²) >= 11 is 0. The number of nitrogens with zero attached hydrogens (tertiary/aromatic N) is 4. The summed E-state index contributed by atoms with van der Waals surface area (Å²) in [7, 11) is 6.52. The summed E-state index contributed by atoms with van der Waals surface area (Å²) in [5.74, 6) is 1.89. The molecule has 0 aliphatic carbocycles. The molecule has 0 N–H and O–H groups in total. The van der Waals surface area contributed by atoms with E-state index in [-0.39, 0.29) is 5.91 Å². The molecule has 0 atom stereocenters. The molecule has 1 aromatic rings. The van der Waals surface area contributed by atoms with Crippen molar-refractivity contribution in [2.24, 2.45) is 0 Å². The van der Waals surface area contributed by atoms with Gasteiger partial charge in [0.25, 0.3) is 0 Å². The lowest BCUT2D eigenvalue weighted by molar-refractivity contribution is -0.134. The first kappa shape index (κ1) is 22.8. The number of methoxy groups -OCH3 is 3. The average molecular weight is 405 g/mol. The summed E-state index contributed by atoms with van der Waals surface area (Å²) in [5.41, 5.74) is 0.230. The van der Waals surface area contributed by atoms with Crippen LogP contribution in [0.15, 0.2) is 12.1 Å². The second-order valence-corrected chi connectivity index (χ2v) is 7.67. The van der Waals surface area contributed by atoms with E-state index < -0.39 is 5.54 Å². The summed E-state index contributed by atoms with van der Waals surface area (Å²) in [6.07, 6.45) is 0. The third-order valence-electron chi connectivity index (χ3n) is 5.49. The van der Waals surface area contributed by atoms with Crippen LogP contribution in [0.25, 0.3) is 0 Å². The Labute approximate surface area is 173 Å². The van der Waals surface area contributed by atoms with Crippen molar-refractivity contribution < 1.29 is 19.0 Å². The molecule has 1 amide bonds. The normalized spacial score (nSPS) is 15.5. The fourth-order valence-corrected chi connectivity index (χ4v) is 3.32. The Morgan fingerprint density at radius 1 is 1.07 bits per heavy atom. The van der Waals surface area contributed by atoms with Gasteiger partial charge in [-0.2, -0.15) is 5.26 Å². The lowest BCUT2D eigenvalue weighted by Crippen LogP contribution is -2.52. The van der Waals surface area contributed by atoms with Crippen molar-refractivity contribution in [2.45, 2.75) is 25.9 Å². The number of hydrogen-bond acceptors (Lipinski definition) is 7. The average Bonchev–Trinajstić information content (AvgIpc) is 2.73. The topological polar surface area (TPSA) is 78.3 Å². The fraction of sp³-hybridized carbons (Fsp3) is 0.619. The van der Waals surface area contributed by atoms with Crippen molar-refractivity contribution in [3.05, 3.63) is 17.7 Å². The van der Waals surface area contributed by atoms with E-state index in [1.807, 2.05) is 12.1 Å². The molecule has 29 heavy (non-hydrogen) atoms. The van der Waals surface area contributed by atoms with Gasteiger partial charge in [0.2, 0.25) is 11.7 Å². The van der Waals surface area contributed by atoms with Crippen LogP contribution in [-0.4, -0.2) is 87.2 Å². The van der Waals surface area contributed by atoms with Crippen LogP contribution in [0.1, 0.15) is 19.4 Å². The zero-order chi connectivity index (χ0) is 21.6. The smallest absolute Gasteiger partial charge is 0.237 e. The van der Waals surface area contributed by atoms with E-state index in [0.717, 1.165) is 38.3 Å². The maximum absolute atomic E-state index is 12.5. The Hall–Kier alpha value is -2.50. The minimum absolute atomic E-state index is 0.0356. The Kier molecular flexibility index (Phi) is 7.71. The highest BCUT2D eigenvalue weighted by Gasteiger charge is 2.29. The molecule has 1 heterocycles. The zero-order valence-corrected chi connectivity index (χ0v) is 18.3. The van der Waals surface area contributed by atoms with Crippen molar-refractivity contribution in [1.29, 1.82) is 5.26 Å². The molecule has 0 aromatic heterocycles. The van der Waals surface area contributed by atoms with Gasteiger partial charge in [0.15, 0.2) is 11.5 Å². The molecule has 0 saturated carbocycles. The Bertz CT molecular complexity index is 752. The van der Waals surface area contributed by atoms with Gasteiger partial charge in [0, 0.05) is 45.3 Å². The molecular weight excluding hydrogens is 372 g/mol. The molecule has 1 fully saturated rings. The van der Waals surface area contributed by atoms with Crippen LogP contribution in [0.3, 0.4) is 0 Å². The van der Waals surface area contributed by atoms with Crippen molar-refractivity contribution in [2.75, 3.05) is 61.1 Å². The van der Waals surface area contributed by atoms with Crippen LogP contribution in [0.4, 0.5) is 0 Å². The van der Waals surface area contributed by atoms with E-state index in [4.69, 9.17) is 14.2 Å². The summed E-state index contributed by atoms with van der Waals surface area (Å²) in [5, 5.41) is 9.22. The van der Waals surface area contributed by atoms with Crippen molar-refractivity contribution in [1.82, 2.24) is 14.7 Å². The molecule has 0 radical (unpaired) electrons. The second-order valence-electron chi connectivity index (χ2n) is 7.67. The van der Waals surface area contributed by atoms with Crippen molar-refractivity contribution in [3.8, 4) is 23.3 Å². The first-order valence-electron chi connectivity index (χ1n) is 9.67. The van der Waals surface area contributed by atoms with E-state index in [1.165, 1.54) is 4.90 Å². The molecule has 8 nitrogen and oxygen atoms in total. The van der Waals surface area contributed by atoms with Crippen LogP contribution in [0.2, 0.25) is 0 Å². The van der Waals surface area contributed by atoms with Gasteiger partial charge in [0.1, 0.15) is 5.54 Å². The molecule has 1 aliphatic heterocycles. The number of likely N-dealkylation sites (N-methyl/N-ethyl adjacent to an activating group) is 1. The third-order valence-corrected chi connectivity index (χ3v) is 5.49. The van der Waals surface area contributed by atoms with Gasteiger partial charge < -0.3 is 19.1 Å². The third kappa shape index (κ3) is 5.31. The number of carbonyl (C=O) groups is 1. The van der Waals surface area contributed by atoms with Gasteiger partial charge in [-0.3, -0.25) is 14.6 Å². The number of benzene rings is 1. The number of piperazine rings is 1. The van der Waals surface area contributed by atoms with E-state index in [9.17, 15) is 10.1 Å². The minimum Gasteiger partial charge on any atom is -0.493 e. The Morgan fingerprint density at radius 3 is 2.17 bits per heavy atom. The molecule has 1 aliphatic rings. The van der Waals surface area contributed by atoms with E-state index in [1.54, 1.807) is 42.2 Å². The molecule has 2 rings (SSSR count). The van der Waals surface area contributed by atoms with E-state index >= 15 is 0 Å². The maximum atomic E-state index is 12.5. The number of amides is 1. The zero-order valence-electron chi connectivity index (χ0n) is 18.3. The van der Waals surface area contributed by atoms with Crippen LogP contribution < -0.4 is 14.2 Å². The molecule has 1 saturated heterocycles. The predicted octanol–water partition coefficient (Wildman–Crippen LogP) is 1.59. The molecule has 0 bridgehead atoms. The monoisotopic (exact) mass is 404 g/mol. The minimum atomic E-state index is -0.803. The van der Waals surface area contributed by atoms with Crippen molar-refractivity contribution >= 4 is 5.91 Å². The van der Waals surface area contributed by atoms with Gasteiger partial charge in [-0.15, -0.1) is 0 Å². The number of rotatable bonds is 8. The fourth-order valence-electron chi connectivity index (χ4n) is 3.32. The summed E-state index contributed by atoms with van der Waals surface area (Å²) in [6, 6.07) is 6.05. The highest BCUT2D eigenvalue weighted by molar-refractivity contribution is 5.79. The quantitative estimate of drug-likeness (QED) is 0.651. The number of ether oxygens (including phenoxy) is 3. The van der Waals surface area contributed by atoms with Gasteiger partial charge in [-0.25, -0.2) is 0 Å². The maximum Gasteiger partial charge on any atom is 0.237 e. The van der Waals surface area contributed by atoms with Gasteiger partial charge in [-0.1, -0.05) is 6.07 Å². The summed E-state index contributed by atoms with van der Waals surface area (Å²) in [4.78, 5) is 18.5. The summed E-state index contributed by atoms with van der Waals surface area (Å²) < 4.78 is 16.4. The van der Waals surface area contributed by atoms with E-state index in [0.29, 0.717) is 23.8 Å². The van der Waals surface area contributed by atoms with Crippen LogP contribution in [-0.2, 0) is 11.3 Å². The first-order chi connectivity index (χ1) is 13.8. The molecule has 8 heteroatoms. The lowest BCUT2D eigenvalue weighted by Gasteiger charge is -2.36. The SMILES string of the molecule is COc1ccc(CN2CCN(CC(=O)N(C)C(C)(C)C#N)CC2)c(OC)c1OC. The van der Waals surface area contributed by atoms with Gasteiger partial charge >= 0.3 is 0 Å². The molecule has 0 unspecified atom stereocenters. The molecule has 160 valence electrons. The molecular formula is C21H32N4O4. The number of carbonyl (C=O) groups excluding carboxylic acids is 1. The van der Waals surface area contributed by atoms with Crippen molar-refractivity contribution in [3.63, 3.8) is 0 Å². The van der Waals surface area contributed by atoms with E-state index in [2.05, 4.69) is 15.9 Å². The first-order valence-corrected chi connectivity index (χ1v) is 9.67. The number of hydrogen-bond donors (Lipinski definition) is 0. The predicted molar refractivity (Wildman–Crippen MR) is 110 cm³/mol. The second kappa shape index (κ2) is 9.81.